The largest absolute Gasteiger partial charge is 0.339 e. The van der Waals surface area contributed by atoms with Gasteiger partial charge in [-0.3, -0.25) is 4.79 Å². The maximum Gasteiger partial charge on any atom is 0.254 e. The van der Waals surface area contributed by atoms with Gasteiger partial charge < -0.3 is 4.90 Å². The summed E-state index contributed by atoms with van der Waals surface area (Å²) in [6, 6.07) is 3.40. The number of aromatic nitrogens is 1. The summed E-state index contributed by atoms with van der Waals surface area (Å²) in [7, 11) is 0. The van der Waals surface area contributed by atoms with Crippen molar-refractivity contribution in [3.8, 4) is 0 Å². The SMILES string of the molecule is O=C(c1ccnc(Cl)c1)N1CCC2(CCCC2)CC1. The number of carbonyl (C=O) groups excluding carboxylic acids is 1. The molecule has 2 heterocycles. The van der Waals surface area contributed by atoms with E-state index in [1.807, 2.05) is 4.90 Å². The van der Waals surface area contributed by atoms with Gasteiger partial charge in [0.2, 0.25) is 0 Å². The third-order valence-electron chi connectivity index (χ3n) is 4.75. The Bertz CT molecular complexity index is 473. The van der Waals surface area contributed by atoms with Gasteiger partial charge in [0, 0.05) is 24.8 Å². The molecule has 1 aromatic heterocycles. The van der Waals surface area contributed by atoms with Crippen LogP contribution in [0.1, 0.15) is 48.9 Å². The highest BCUT2D eigenvalue weighted by atomic mass is 35.5. The zero-order valence-electron chi connectivity index (χ0n) is 11.1. The van der Waals surface area contributed by atoms with Crippen molar-refractivity contribution >= 4 is 17.5 Å². The van der Waals surface area contributed by atoms with Crippen molar-refractivity contribution < 1.29 is 4.79 Å². The highest BCUT2D eigenvalue weighted by molar-refractivity contribution is 6.29. The molecule has 1 aliphatic carbocycles. The minimum absolute atomic E-state index is 0.0946. The Morgan fingerprint density at radius 3 is 2.53 bits per heavy atom. The van der Waals surface area contributed by atoms with Gasteiger partial charge in [0.05, 0.1) is 0 Å². The highest BCUT2D eigenvalue weighted by Gasteiger charge is 2.38. The molecule has 3 rings (SSSR count). The monoisotopic (exact) mass is 278 g/mol. The van der Waals surface area contributed by atoms with Crippen LogP contribution in [0.3, 0.4) is 0 Å². The lowest BCUT2D eigenvalue weighted by atomic mass is 9.77. The van der Waals surface area contributed by atoms with Gasteiger partial charge in [-0.05, 0) is 43.2 Å². The summed E-state index contributed by atoms with van der Waals surface area (Å²) in [5, 5.41) is 0.384. The van der Waals surface area contributed by atoms with E-state index in [0.717, 1.165) is 25.9 Å². The van der Waals surface area contributed by atoms with Gasteiger partial charge in [-0.25, -0.2) is 4.98 Å². The summed E-state index contributed by atoms with van der Waals surface area (Å²) in [5.74, 6) is 0.0946. The van der Waals surface area contributed by atoms with E-state index in [4.69, 9.17) is 11.6 Å². The van der Waals surface area contributed by atoms with Crippen LogP contribution in [0, 0.1) is 5.41 Å². The fourth-order valence-corrected chi connectivity index (χ4v) is 3.70. The fourth-order valence-electron chi connectivity index (χ4n) is 3.53. The summed E-state index contributed by atoms with van der Waals surface area (Å²) >= 11 is 5.84. The third-order valence-corrected chi connectivity index (χ3v) is 4.96. The second-order valence-corrected chi connectivity index (χ2v) is 6.25. The Balaban J connectivity index is 1.66. The van der Waals surface area contributed by atoms with Crippen molar-refractivity contribution in [2.45, 2.75) is 38.5 Å². The summed E-state index contributed by atoms with van der Waals surface area (Å²) in [5.41, 5.74) is 1.20. The predicted octanol–water partition coefficient (Wildman–Crippen LogP) is 3.53. The number of nitrogens with zero attached hydrogens (tertiary/aromatic N) is 2. The summed E-state index contributed by atoms with van der Waals surface area (Å²) in [6.07, 6.45) is 9.38. The molecule has 1 aliphatic heterocycles. The predicted molar refractivity (Wildman–Crippen MR) is 75.3 cm³/mol. The molecule has 1 aromatic rings. The van der Waals surface area contributed by atoms with E-state index in [1.165, 1.54) is 25.7 Å². The molecule has 0 aromatic carbocycles. The molecule has 0 atom stereocenters. The number of likely N-dealkylation sites (tertiary alicyclic amines) is 1. The smallest absolute Gasteiger partial charge is 0.254 e. The van der Waals surface area contributed by atoms with Gasteiger partial charge in [-0.15, -0.1) is 0 Å². The lowest BCUT2D eigenvalue weighted by Crippen LogP contribution is -2.42. The number of piperidine rings is 1. The number of amides is 1. The second-order valence-electron chi connectivity index (χ2n) is 5.87. The molecule has 102 valence electrons. The van der Waals surface area contributed by atoms with Crippen LogP contribution in [-0.4, -0.2) is 28.9 Å². The molecule has 4 heteroatoms. The topological polar surface area (TPSA) is 33.2 Å². The normalized spacial score (nSPS) is 21.8. The molecule has 1 spiro atoms. The number of rotatable bonds is 1. The molecule has 2 fully saturated rings. The summed E-state index contributed by atoms with van der Waals surface area (Å²) < 4.78 is 0. The van der Waals surface area contributed by atoms with Gasteiger partial charge in [0.25, 0.3) is 5.91 Å². The van der Waals surface area contributed by atoms with Crippen LogP contribution < -0.4 is 0 Å². The van der Waals surface area contributed by atoms with Crippen LogP contribution in [-0.2, 0) is 0 Å². The molecule has 3 nitrogen and oxygen atoms in total. The average molecular weight is 279 g/mol. The summed E-state index contributed by atoms with van der Waals surface area (Å²) in [6.45, 7) is 1.78. The van der Waals surface area contributed by atoms with Crippen molar-refractivity contribution in [3.05, 3.63) is 29.0 Å². The van der Waals surface area contributed by atoms with Gasteiger partial charge >= 0.3 is 0 Å². The van der Waals surface area contributed by atoms with Crippen LogP contribution in [0.15, 0.2) is 18.3 Å². The number of halogens is 1. The van der Waals surface area contributed by atoms with Crippen molar-refractivity contribution in [2.24, 2.45) is 5.41 Å². The first kappa shape index (κ1) is 12.9. The fraction of sp³-hybridized carbons (Fsp3) is 0.600. The molecule has 0 unspecified atom stereocenters. The van der Waals surface area contributed by atoms with E-state index >= 15 is 0 Å². The third kappa shape index (κ3) is 2.62. The van der Waals surface area contributed by atoms with Gasteiger partial charge in [0.1, 0.15) is 5.15 Å². The zero-order chi connectivity index (χ0) is 13.3. The molecule has 1 saturated heterocycles. The number of hydrogen-bond acceptors (Lipinski definition) is 2. The van der Waals surface area contributed by atoms with Crippen LogP contribution in [0.25, 0.3) is 0 Å². The van der Waals surface area contributed by atoms with Crippen molar-refractivity contribution in [2.75, 3.05) is 13.1 Å². The van der Waals surface area contributed by atoms with E-state index in [9.17, 15) is 4.79 Å². The lowest BCUT2D eigenvalue weighted by molar-refractivity contribution is 0.0587. The van der Waals surface area contributed by atoms with Crippen LogP contribution in [0.5, 0.6) is 0 Å². The van der Waals surface area contributed by atoms with Crippen LogP contribution in [0.2, 0.25) is 5.15 Å². The Hall–Kier alpha value is -1.09. The second kappa shape index (κ2) is 5.12. The van der Waals surface area contributed by atoms with E-state index in [2.05, 4.69) is 4.98 Å². The molecular weight excluding hydrogens is 260 g/mol. The van der Waals surface area contributed by atoms with Gasteiger partial charge in [-0.2, -0.15) is 0 Å². The molecule has 0 bridgehead atoms. The van der Waals surface area contributed by atoms with Crippen molar-refractivity contribution in [3.63, 3.8) is 0 Å². The number of pyridine rings is 1. The maximum absolute atomic E-state index is 12.4. The van der Waals surface area contributed by atoms with E-state index in [0.29, 0.717) is 16.1 Å². The minimum atomic E-state index is 0.0946. The molecule has 1 amide bonds. The molecule has 1 saturated carbocycles. The number of hydrogen-bond donors (Lipinski definition) is 0. The first-order valence-corrected chi connectivity index (χ1v) is 7.47. The Morgan fingerprint density at radius 1 is 1.21 bits per heavy atom. The van der Waals surface area contributed by atoms with E-state index in [1.54, 1.807) is 18.3 Å². The molecule has 0 radical (unpaired) electrons. The van der Waals surface area contributed by atoms with Gasteiger partial charge in [0.15, 0.2) is 0 Å². The van der Waals surface area contributed by atoms with Crippen molar-refractivity contribution in [1.82, 2.24) is 9.88 Å². The minimum Gasteiger partial charge on any atom is -0.339 e. The molecular formula is C15H19ClN2O. The maximum atomic E-state index is 12.4. The Kier molecular flexibility index (Phi) is 3.48. The standard InChI is InChI=1S/C15H19ClN2O/c16-13-11-12(3-8-17-13)14(19)18-9-6-15(7-10-18)4-1-2-5-15/h3,8,11H,1-2,4-7,9-10H2. The molecule has 2 aliphatic rings. The quantitative estimate of drug-likeness (QED) is 0.736. The molecule has 19 heavy (non-hydrogen) atoms. The van der Waals surface area contributed by atoms with E-state index in [-0.39, 0.29) is 5.91 Å². The van der Waals surface area contributed by atoms with Crippen LogP contribution in [0.4, 0.5) is 0 Å². The Morgan fingerprint density at radius 2 is 1.89 bits per heavy atom. The zero-order valence-corrected chi connectivity index (χ0v) is 11.8. The highest BCUT2D eigenvalue weighted by Crippen LogP contribution is 2.46. The number of carbonyl (C=O) groups is 1. The Labute approximate surface area is 119 Å². The van der Waals surface area contributed by atoms with Crippen molar-refractivity contribution in [1.29, 1.82) is 0 Å². The van der Waals surface area contributed by atoms with Crippen LogP contribution >= 0.6 is 11.6 Å². The lowest BCUT2D eigenvalue weighted by Gasteiger charge is -2.39. The van der Waals surface area contributed by atoms with E-state index < -0.39 is 0 Å². The first-order chi connectivity index (χ1) is 9.19. The molecule has 0 N–H and O–H groups in total. The first-order valence-electron chi connectivity index (χ1n) is 7.09. The van der Waals surface area contributed by atoms with Gasteiger partial charge in [-0.1, -0.05) is 24.4 Å². The average Bonchev–Trinajstić information content (AvgIpc) is 2.87. The summed E-state index contributed by atoms with van der Waals surface area (Å²) in [4.78, 5) is 18.3.